The third-order valence-corrected chi connectivity index (χ3v) is 4.36. The molecule has 124 valence electrons. The highest BCUT2D eigenvalue weighted by molar-refractivity contribution is 5.46. The number of aromatic nitrogens is 4. The molecule has 1 aliphatic heterocycles. The number of fused-ring (bicyclic) bond motifs is 1. The van der Waals surface area contributed by atoms with Gasteiger partial charge in [0.2, 0.25) is 0 Å². The Morgan fingerprint density at radius 1 is 1.12 bits per heavy atom. The lowest BCUT2D eigenvalue weighted by atomic mass is 10.2. The summed E-state index contributed by atoms with van der Waals surface area (Å²) in [6, 6.07) is 5.83. The number of anilines is 1. The fourth-order valence-corrected chi connectivity index (χ4v) is 3.22. The summed E-state index contributed by atoms with van der Waals surface area (Å²) in [5.74, 6) is 0. The van der Waals surface area contributed by atoms with E-state index < -0.39 is 6.10 Å². The highest BCUT2D eigenvalue weighted by Gasteiger charge is 2.22. The van der Waals surface area contributed by atoms with Crippen LogP contribution in [-0.2, 0) is 6.54 Å². The van der Waals surface area contributed by atoms with E-state index in [4.69, 9.17) is 0 Å². The molecule has 1 aliphatic rings. The van der Waals surface area contributed by atoms with Gasteiger partial charge in [0, 0.05) is 68.8 Å². The van der Waals surface area contributed by atoms with Crippen LogP contribution in [0, 0.1) is 0 Å². The lowest BCUT2D eigenvalue weighted by Gasteiger charge is -2.23. The molecule has 1 saturated heterocycles. The molecular formula is C17H20N6O. The van der Waals surface area contributed by atoms with Gasteiger partial charge in [0.15, 0.2) is 5.65 Å². The maximum absolute atomic E-state index is 10.4. The zero-order valence-electron chi connectivity index (χ0n) is 13.4. The first-order valence-electron chi connectivity index (χ1n) is 8.12. The zero-order chi connectivity index (χ0) is 16.4. The highest BCUT2D eigenvalue weighted by atomic mass is 16.3. The molecule has 0 saturated carbocycles. The Kier molecular flexibility index (Phi) is 4.10. The zero-order valence-corrected chi connectivity index (χ0v) is 13.4. The molecule has 1 fully saturated rings. The summed E-state index contributed by atoms with van der Waals surface area (Å²) >= 11 is 0. The van der Waals surface area contributed by atoms with Crippen LogP contribution in [0.3, 0.4) is 0 Å². The van der Waals surface area contributed by atoms with Crippen molar-refractivity contribution < 1.29 is 5.11 Å². The van der Waals surface area contributed by atoms with Gasteiger partial charge in [-0.2, -0.15) is 5.10 Å². The van der Waals surface area contributed by atoms with Crippen molar-refractivity contribution in [1.29, 1.82) is 0 Å². The first-order chi connectivity index (χ1) is 11.8. The smallest absolute Gasteiger partial charge is 0.159 e. The minimum Gasteiger partial charge on any atom is -0.390 e. The number of β-amino-alcohol motifs (C(OH)–C–C–N with tert-alkyl or cyclic N) is 1. The van der Waals surface area contributed by atoms with Crippen LogP contribution in [0.15, 0.2) is 49.2 Å². The molecule has 7 heteroatoms. The molecule has 0 spiro atoms. The number of rotatable bonds is 3. The third kappa shape index (κ3) is 3.08. The lowest BCUT2D eigenvalue weighted by Crippen LogP contribution is -2.33. The summed E-state index contributed by atoms with van der Waals surface area (Å²) in [6.45, 7) is 3.76. The first kappa shape index (κ1) is 15.0. The van der Waals surface area contributed by atoms with Gasteiger partial charge in [-0.05, 0) is 18.2 Å². The Balaban J connectivity index is 1.49. The molecule has 0 aliphatic carbocycles. The van der Waals surface area contributed by atoms with E-state index >= 15 is 0 Å². The van der Waals surface area contributed by atoms with Gasteiger partial charge in [0.1, 0.15) is 0 Å². The summed E-state index contributed by atoms with van der Waals surface area (Å²) in [5, 5.41) is 14.7. The van der Waals surface area contributed by atoms with Gasteiger partial charge in [-0.3, -0.25) is 9.88 Å². The molecule has 4 rings (SSSR count). The van der Waals surface area contributed by atoms with E-state index in [9.17, 15) is 5.11 Å². The molecular weight excluding hydrogens is 304 g/mol. The van der Waals surface area contributed by atoms with E-state index in [0.717, 1.165) is 36.5 Å². The summed E-state index contributed by atoms with van der Waals surface area (Å²) in [7, 11) is 0. The fourth-order valence-electron chi connectivity index (χ4n) is 3.22. The molecule has 24 heavy (non-hydrogen) atoms. The fraction of sp³-hybridized carbons (Fsp3) is 0.353. The van der Waals surface area contributed by atoms with E-state index in [2.05, 4.69) is 24.9 Å². The van der Waals surface area contributed by atoms with Crippen LogP contribution in [0.25, 0.3) is 5.65 Å². The van der Waals surface area contributed by atoms with Crippen molar-refractivity contribution in [1.82, 2.24) is 24.5 Å². The van der Waals surface area contributed by atoms with E-state index in [1.165, 1.54) is 0 Å². The Hall–Kier alpha value is -2.51. The monoisotopic (exact) mass is 324 g/mol. The number of hydrogen-bond acceptors (Lipinski definition) is 6. The topological polar surface area (TPSA) is 69.8 Å². The van der Waals surface area contributed by atoms with Gasteiger partial charge in [-0.15, -0.1) is 0 Å². The molecule has 1 atom stereocenters. The molecule has 4 heterocycles. The van der Waals surface area contributed by atoms with Crippen molar-refractivity contribution in [3.63, 3.8) is 0 Å². The predicted octanol–water partition coefficient (Wildman–Crippen LogP) is 0.807. The number of hydrogen-bond donors (Lipinski definition) is 1. The summed E-state index contributed by atoms with van der Waals surface area (Å²) < 4.78 is 1.78. The second-order valence-electron chi connectivity index (χ2n) is 6.10. The largest absolute Gasteiger partial charge is 0.390 e. The summed E-state index contributed by atoms with van der Waals surface area (Å²) in [4.78, 5) is 12.9. The second kappa shape index (κ2) is 6.54. The van der Waals surface area contributed by atoms with Crippen molar-refractivity contribution in [2.75, 3.05) is 31.1 Å². The van der Waals surface area contributed by atoms with Gasteiger partial charge in [-0.25, -0.2) is 9.50 Å². The normalized spacial score (nSPS) is 19.5. The average Bonchev–Trinajstić information content (AvgIpc) is 2.92. The molecule has 0 amide bonds. The van der Waals surface area contributed by atoms with Crippen LogP contribution < -0.4 is 4.90 Å². The molecule has 0 bridgehead atoms. The minimum absolute atomic E-state index is 0.393. The van der Waals surface area contributed by atoms with Gasteiger partial charge in [0.05, 0.1) is 12.3 Å². The molecule has 1 N–H and O–H groups in total. The van der Waals surface area contributed by atoms with Crippen molar-refractivity contribution in [2.24, 2.45) is 0 Å². The highest BCUT2D eigenvalue weighted by Crippen LogP contribution is 2.17. The molecule has 7 nitrogen and oxygen atoms in total. The molecule has 3 aromatic rings. The number of pyridine rings is 1. The average molecular weight is 324 g/mol. The van der Waals surface area contributed by atoms with Gasteiger partial charge >= 0.3 is 0 Å². The maximum Gasteiger partial charge on any atom is 0.159 e. The van der Waals surface area contributed by atoms with E-state index in [1.807, 2.05) is 30.6 Å². The van der Waals surface area contributed by atoms with Crippen LogP contribution in [-0.4, -0.2) is 61.9 Å². The Bertz CT molecular complexity index is 805. The molecule has 0 aromatic carbocycles. The quantitative estimate of drug-likeness (QED) is 0.769. The van der Waals surface area contributed by atoms with Crippen molar-refractivity contribution in [2.45, 2.75) is 12.6 Å². The molecule has 0 radical (unpaired) electrons. The van der Waals surface area contributed by atoms with Crippen LogP contribution in [0.1, 0.15) is 5.56 Å². The first-order valence-corrected chi connectivity index (χ1v) is 8.12. The van der Waals surface area contributed by atoms with E-state index in [1.54, 1.807) is 23.1 Å². The van der Waals surface area contributed by atoms with Crippen LogP contribution in [0.4, 0.5) is 5.69 Å². The molecule has 3 aromatic heterocycles. The van der Waals surface area contributed by atoms with Crippen molar-refractivity contribution >= 4 is 11.3 Å². The number of nitrogens with zero attached hydrogens (tertiary/aromatic N) is 6. The molecule has 0 unspecified atom stereocenters. The third-order valence-electron chi connectivity index (χ3n) is 4.36. The van der Waals surface area contributed by atoms with Gasteiger partial charge in [0.25, 0.3) is 0 Å². The van der Waals surface area contributed by atoms with Gasteiger partial charge < -0.3 is 10.0 Å². The Morgan fingerprint density at radius 3 is 2.88 bits per heavy atom. The summed E-state index contributed by atoms with van der Waals surface area (Å²) in [5.41, 5.74) is 3.06. The van der Waals surface area contributed by atoms with Crippen LogP contribution >= 0.6 is 0 Å². The SMILES string of the molecule is O[C@@H]1CN(Cc2cnn3cccnc23)CCN(c2ccncc2)C1. The summed E-state index contributed by atoms with van der Waals surface area (Å²) in [6.07, 6.45) is 8.72. The number of aliphatic hydroxyl groups excluding tert-OH is 1. The van der Waals surface area contributed by atoms with E-state index in [-0.39, 0.29) is 0 Å². The van der Waals surface area contributed by atoms with Crippen LogP contribution in [0.2, 0.25) is 0 Å². The van der Waals surface area contributed by atoms with Crippen molar-refractivity contribution in [3.8, 4) is 0 Å². The van der Waals surface area contributed by atoms with Crippen LogP contribution in [0.5, 0.6) is 0 Å². The van der Waals surface area contributed by atoms with E-state index in [0.29, 0.717) is 13.1 Å². The lowest BCUT2D eigenvalue weighted by molar-refractivity contribution is 0.129. The Morgan fingerprint density at radius 2 is 2.00 bits per heavy atom. The second-order valence-corrected chi connectivity index (χ2v) is 6.10. The van der Waals surface area contributed by atoms with Gasteiger partial charge in [-0.1, -0.05) is 0 Å². The number of aliphatic hydroxyl groups is 1. The maximum atomic E-state index is 10.4. The standard InChI is InChI=1S/C17H20N6O/c24-16-12-21(8-9-22(13-16)15-2-5-18-6-3-15)11-14-10-20-23-7-1-4-19-17(14)23/h1-7,10,16,24H,8-9,11-13H2/t16-/m1/s1. The Labute approximate surface area is 140 Å². The van der Waals surface area contributed by atoms with Crippen molar-refractivity contribution in [3.05, 3.63) is 54.7 Å². The minimum atomic E-state index is -0.393. The predicted molar refractivity (Wildman–Crippen MR) is 90.7 cm³/mol.